The van der Waals surface area contributed by atoms with Crippen LogP contribution in [0, 0.1) is 11.8 Å². The molecule has 2 fully saturated rings. The third kappa shape index (κ3) is 2.36. The molecule has 2 saturated heterocycles. The molecule has 0 spiro atoms. The van der Waals surface area contributed by atoms with E-state index in [1.165, 1.54) is 0 Å². The van der Waals surface area contributed by atoms with Gasteiger partial charge in [0.15, 0.2) is 0 Å². The molecule has 2 unspecified atom stereocenters. The molecular formula is C16H21BrN2O2. The third-order valence-electron chi connectivity index (χ3n) is 5.01. The lowest BCUT2D eigenvalue weighted by atomic mass is 9.84. The van der Waals surface area contributed by atoms with E-state index in [2.05, 4.69) is 35.1 Å². The lowest BCUT2D eigenvalue weighted by Crippen LogP contribution is -2.47. The number of carbonyl (C=O) groups excluding carboxylic acids is 1. The largest absolute Gasteiger partial charge is 0.497 e. The summed E-state index contributed by atoms with van der Waals surface area (Å²) in [6, 6.07) is 5.54. The summed E-state index contributed by atoms with van der Waals surface area (Å²) in [5.41, 5.74) is 0.559. The number of methoxy groups -OCH3 is 1. The number of hydrogen-bond donors (Lipinski definition) is 1. The molecule has 2 aliphatic heterocycles. The predicted molar refractivity (Wildman–Crippen MR) is 85.7 cm³/mol. The summed E-state index contributed by atoms with van der Waals surface area (Å²) in [5.74, 6) is 1.89. The second-order valence-corrected chi connectivity index (χ2v) is 7.29. The van der Waals surface area contributed by atoms with Crippen molar-refractivity contribution in [3.05, 3.63) is 28.2 Å². The van der Waals surface area contributed by atoms with Gasteiger partial charge in [-0.3, -0.25) is 4.79 Å². The molecule has 114 valence electrons. The van der Waals surface area contributed by atoms with Crippen LogP contribution < -0.4 is 10.1 Å². The van der Waals surface area contributed by atoms with Gasteiger partial charge in [0.05, 0.1) is 12.7 Å². The lowest BCUT2D eigenvalue weighted by Gasteiger charge is -2.36. The molecule has 1 amide bonds. The van der Waals surface area contributed by atoms with E-state index in [9.17, 15) is 4.79 Å². The Morgan fingerprint density at radius 1 is 1.43 bits per heavy atom. The molecule has 0 aliphatic carbocycles. The number of nitrogens with zero attached hydrogens (tertiary/aromatic N) is 1. The standard InChI is InChI=1S/C16H21BrN2O2/c1-16(2)13-8-18-7-10(13)9-19(16)15(20)12-6-11(21-3)4-5-14(12)17/h4-6,10,13,18H,7-9H2,1-3H3. The molecule has 1 aromatic rings. The summed E-state index contributed by atoms with van der Waals surface area (Å²) in [7, 11) is 1.62. The Labute approximate surface area is 134 Å². The molecule has 0 aromatic heterocycles. The van der Waals surface area contributed by atoms with Gasteiger partial charge in [-0.1, -0.05) is 0 Å². The Balaban J connectivity index is 1.92. The van der Waals surface area contributed by atoms with Crippen LogP contribution in [0.25, 0.3) is 0 Å². The van der Waals surface area contributed by atoms with Crippen molar-refractivity contribution in [2.45, 2.75) is 19.4 Å². The van der Waals surface area contributed by atoms with E-state index in [1.54, 1.807) is 7.11 Å². The van der Waals surface area contributed by atoms with E-state index < -0.39 is 0 Å². The molecule has 4 nitrogen and oxygen atoms in total. The van der Waals surface area contributed by atoms with E-state index in [1.807, 2.05) is 23.1 Å². The van der Waals surface area contributed by atoms with E-state index in [0.717, 1.165) is 24.1 Å². The Bertz CT molecular complexity index is 573. The first-order valence-electron chi connectivity index (χ1n) is 7.31. The molecule has 1 aromatic carbocycles. The number of carbonyl (C=O) groups is 1. The zero-order valence-electron chi connectivity index (χ0n) is 12.6. The van der Waals surface area contributed by atoms with Crippen molar-refractivity contribution in [2.24, 2.45) is 11.8 Å². The molecule has 2 heterocycles. The fraction of sp³-hybridized carbons (Fsp3) is 0.562. The Morgan fingerprint density at radius 2 is 2.19 bits per heavy atom. The topological polar surface area (TPSA) is 41.6 Å². The third-order valence-corrected chi connectivity index (χ3v) is 5.70. The van der Waals surface area contributed by atoms with E-state index in [-0.39, 0.29) is 11.4 Å². The molecule has 5 heteroatoms. The molecule has 2 atom stereocenters. The number of hydrogen-bond acceptors (Lipinski definition) is 3. The van der Waals surface area contributed by atoms with Gasteiger partial charge in [-0.15, -0.1) is 0 Å². The van der Waals surface area contributed by atoms with Crippen LogP contribution in [0.5, 0.6) is 5.75 Å². The maximum absolute atomic E-state index is 13.0. The van der Waals surface area contributed by atoms with Crippen molar-refractivity contribution in [1.82, 2.24) is 10.2 Å². The summed E-state index contributed by atoms with van der Waals surface area (Å²) < 4.78 is 6.07. The van der Waals surface area contributed by atoms with Crippen molar-refractivity contribution in [1.29, 1.82) is 0 Å². The second kappa shape index (κ2) is 5.29. The SMILES string of the molecule is COc1ccc(Br)c(C(=O)N2CC3CNCC3C2(C)C)c1. The summed E-state index contributed by atoms with van der Waals surface area (Å²) in [5, 5.41) is 3.44. The smallest absolute Gasteiger partial charge is 0.255 e. The number of rotatable bonds is 2. The zero-order valence-corrected chi connectivity index (χ0v) is 14.2. The van der Waals surface area contributed by atoms with Gasteiger partial charge >= 0.3 is 0 Å². The molecular weight excluding hydrogens is 332 g/mol. The highest BCUT2D eigenvalue weighted by Gasteiger charge is 2.51. The Hall–Kier alpha value is -1.07. The average Bonchev–Trinajstić information content (AvgIpc) is 3.01. The summed E-state index contributed by atoms with van der Waals surface area (Å²) in [6.45, 7) is 7.19. The fourth-order valence-corrected chi connectivity index (χ4v) is 4.12. The number of likely N-dealkylation sites (tertiary alicyclic amines) is 1. The van der Waals surface area contributed by atoms with Crippen LogP contribution >= 0.6 is 15.9 Å². The highest BCUT2D eigenvalue weighted by molar-refractivity contribution is 9.10. The molecule has 0 radical (unpaired) electrons. The molecule has 3 rings (SSSR count). The fourth-order valence-electron chi connectivity index (χ4n) is 3.71. The first-order valence-corrected chi connectivity index (χ1v) is 8.10. The number of halogens is 1. The Kier molecular flexibility index (Phi) is 3.74. The van der Waals surface area contributed by atoms with Crippen LogP contribution in [0.2, 0.25) is 0 Å². The maximum Gasteiger partial charge on any atom is 0.255 e. The van der Waals surface area contributed by atoms with Crippen LogP contribution in [0.15, 0.2) is 22.7 Å². The van der Waals surface area contributed by atoms with Crippen molar-refractivity contribution < 1.29 is 9.53 Å². The minimum absolute atomic E-state index is 0.0835. The predicted octanol–water partition coefficient (Wildman–Crippen LogP) is 2.53. The van der Waals surface area contributed by atoms with Gasteiger partial charge < -0.3 is 15.0 Å². The number of amides is 1. The Morgan fingerprint density at radius 3 is 2.86 bits per heavy atom. The summed E-state index contributed by atoms with van der Waals surface area (Å²) >= 11 is 3.49. The molecule has 2 aliphatic rings. The summed E-state index contributed by atoms with van der Waals surface area (Å²) in [4.78, 5) is 15.0. The van der Waals surface area contributed by atoms with Crippen LogP contribution in [-0.4, -0.2) is 43.1 Å². The molecule has 0 bridgehead atoms. The highest BCUT2D eigenvalue weighted by atomic mass is 79.9. The number of fused-ring (bicyclic) bond motifs is 1. The second-order valence-electron chi connectivity index (χ2n) is 6.44. The van der Waals surface area contributed by atoms with E-state index in [4.69, 9.17) is 4.74 Å². The van der Waals surface area contributed by atoms with Crippen LogP contribution in [0.4, 0.5) is 0 Å². The molecule has 21 heavy (non-hydrogen) atoms. The molecule has 1 N–H and O–H groups in total. The monoisotopic (exact) mass is 352 g/mol. The van der Waals surface area contributed by atoms with Gasteiger partial charge in [-0.2, -0.15) is 0 Å². The first-order chi connectivity index (χ1) is 9.95. The average molecular weight is 353 g/mol. The number of benzene rings is 1. The van der Waals surface area contributed by atoms with Crippen molar-refractivity contribution in [2.75, 3.05) is 26.7 Å². The van der Waals surface area contributed by atoms with Crippen molar-refractivity contribution in [3.8, 4) is 5.75 Å². The van der Waals surface area contributed by atoms with Gasteiger partial charge in [0.1, 0.15) is 5.75 Å². The highest BCUT2D eigenvalue weighted by Crippen LogP contribution is 2.41. The quantitative estimate of drug-likeness (QED) is 0.889. The van der Waals surface area contributed by atoms with Gasteiger partial charge in [-0.05, 0) is 59.8 Å². The number of ether oxygens (including phenoxy) is 1. The van der Waals surface area contributed by atoms with Gasteiger partial charge in [-0.25, -0.2) is 0 Å². The van der Waals surface area contributed by atoms with Crippen LogP contribution in [0.1, 0.15) is 24.2 Å². The minimum Gasteiger partial charge on any atom is -0.497 e. The van der Waals surface area contributed by atoms with Gasteiger partial charge in [0.25, 0.3) is 5.91 Å². The lowest BCUT2D eigenvalue weighted by molar-refractivity contribution is 0.0602. The summed E-state index contributed by atoms with van der Waals surface area (Å²) in [6.07, 6.45) is 0. The molecule has 0 saturated carbocycles. The first kappa shape index (κ1) is 14.9. The minimum atomic E-state index is -0.117. The number of nitrogens with one attached hydrogen (secondary N) is 1. The van der Waals surface area contributed by atoms with E-state index in [0.29, 0.717) is 23.1 Å². The van der Waals surface area contributed by atoms with Gasteiger partial charge in [0.2, 0.25) is 0 Å². The van der Waals surface area contributed by atoms with Crippen molar-refractivity contribution in [3.63, 3.8) is 0 Å². The van der Waals surface area contributed by atoms with Crippen molar-refractivity contribution >= 4 is 21.8 Å². The normalized spacial score (nSPS) is 26.8. The maximum atomic E-state index is 13.0. The van der Waals surface area contributed by atoms with Crippen LogP contribution in [-0.2, 0) is 0 Å². The zero-order chi connectivity index (χ0) is 15.2. The van der Waals surface area contributed by atoms with Gasteiger partial charge in [0, 0.05) is 29.6 Å². The van der Waals surface area contributed by atoms with E-state index >= 15 is 0 Å². The van der Waals surface area contributed by atoms with Crippen LogP contribution in [0.3, 0.4) is 0 Å².